The number of nitro benzene ring substituents is 1. The van der Waals surface area contributed by atoms with Gasteiger partial charge in [-0.1, -0.05) is 0 Å². The van der Waals surface area contributed by atoms with Crippen molar-refractivity contribution in [2.24, 2.45) is 0 Å². The minimum absolute atomic E-state index is 0.220. The molecule has 10 heteroatoms. The molecule has 0 aliphatic carbocycles. The summed E-state index contributed by atoms with van der Waals surface area (Å²) in [5.74, 6) is -1.22. The van der Waals surface area contributed by atoms with Gasteiger partial charge in [0.1, 0.15) is 0 Å². The van der Waals surface area contributed by atoms with Gasteiger partial charge in [-0.05, 0) is 36.2 Å². The van der Waals surface area contributed by atoms with Crippen LogP contribution in [-0.4, -0.2) is 19.9 Å². The smallest absolute Gasteiger partial charge is 0.327 e. The Morgan fingerprint density at radius 2 is 1.85 bits per heavy atom. The van der Waals surface area contributed by atoms with Crippen molar-refractivity contribution in [1.82, 2.24) is 15.0 Å². The highest BCUT2D eigenvalue weighted by molar-refractivity contribution is 6.31. The Hall–Kier alpha value is -2.06. The SMILES string of the molecule is Cc1cc(Oc2nc(Cl)nc(Cl)n2)c(F)cc1[N+](=O)[O-]. The summed E-state index contributed by atoms with van der Waals surface area (Å²) in [6.07, 6.45) is 0. The number of aromatic nitrogens is 3. The van der Waals surface area contributed by atoms with E-state index in [-0.39, 0.29) is 33.6 Å². The van der Waals surface area contributed by atoms with E-state index in [1.807, 2.05) is 0 Å². The first-order valence-corrected chi connectivity index (χ1v) is 5.82. The number of ether oxygens (including phenoxy) is 1. The molecule has 0 aliphatic rings. The van der Waals surface area contributed by atoms with Crippen molar-refractivity contribution in [2.75, 3.05) is 0 Å². The van der Waals surface area contributed by atoms with Crippen LogP contribution in [0.3, 0.4) is 0 Å². The standard InChI is InChI=1S/C10H5Cl2FN4O3/c1-4-2-7(5(13)3-6(4)17(18)19)20-10-15-8(11)14-9(12)16-10/h2-3H,1H3. The second kappa shape index (κ2) is 5.51. The molecule has 0 saturated carbocycles. The van der Waals surface area contributed by atoms with Gasteiger partial charge in [0, 0.05) is 5.56 Å². The van der Waals surface area contributed by atoms with Crippen LogP contribution in [0.5, 0.6) is 11.8 Å². The molecule has 1 heterocycles. The van der Waals surface area contributed by atoms with Crippen LogP contribution in [0.15, 0.2) is 12.1 Å². The molecule has 0 amide bonds. The van der Waals surface area contributed by atoms with E-state index in [4.69, 9.17) is 27.9 Å². The first-order valence-electron chi connectivity index (χ1n) is 5.06. The van der Waals surface area contributed by atoms with E-state index in [9.17, 15) is 14.5 Å². The molecule has 0 fully saturated rings. The van der Waals surface area contributed by atoms with Crippen LogP contribution >= 0.6 is 23.2 Å². The highest BCUT2D eigenvalue weighted by atomic mass is 35.5. The lowest BCUT2D eigenvalue weighted by Gasteiger charge is -2.06. The minimum Gasteiger partial charge on any atom is -0.421 e. The predicted molar refractivity (Wildman–Crippen MR) is 67.7 cm³/mol. The maximum absolute atomic E-state index is 13.7. The summed E-state index contributed by atoms with van der Waals surface area (Å²) in [6.45, 7) is 1.44. The molecule has 0 N–H and O–H groups in total. The molecule has 0 bridgehead atoms. The van der Waals surface area contributed by atoms with E-state index in [0.717, 1.165) is 12.1 Å². The van der Waals surface area contributed by atoms with E-state index in [2.05, 4.69) is 15.0 Å². The number of rotatable bonds is 3. The Bertz CT molecular complexity index is 678. The zero-order chi connectivity index (χ0) is 14.9. The average molecular weight is 319 g/mol. The number of nitro groups is 1. The molecule has 1 aromatic carbocycles. The van der Waals surface area contributed by atoms with Crippen LogP contribution in [-0.2, 0) is 0 Å². The van der Waals surface area contributed by atoms with Gasteiger partial charge in [-0.3, -0.25) is 10.1 Å². The molecule has 0 radical (unpaired) electrons. The molecule has 20 heavy (non-hydrogen) atoms. The Morgan fingerprint density at radius 1 is 1.25 bits per heavy atom. The van der Waals surface area contributed by atoms with Crippen LogP contribution in [0.4, 0.5) is 10.1 Å². The highest BCUT2D eigenvalue weighted by Crippen LogP contribution is 2.29. The highest BCUT2D eigenvalue weighted by Gasteiger charge is 2.18. The van der Waals surface area contributed by atoms with E-state index in [0.29, 0.717) is 0 Å². The van der Waals surface area contributed by atoms with Gasteiger partial charge >= 0.3 is 6.01 Å². The fourth-order valence-electron chi connectivity index (χ4n) is 1.37. The first-order chi connectivity index (χ1) is 9.36. The summed E-state index contributed by atoms with van der Waals surface area (Å²) in [5, 5.41) is 10.2. The van der Waals surface area contributed by atoms with Crippen molar-refractivity contribution in [2.45, 2.75) is 6.92 Å². The Labute approximate surface area is 121 Å². The molecule has 7 nitrogen and oxygen atoms in total. The van der Waals surface area contributed by atoms with Crippen LogP contribution < -0.4 is 4.74 Å². The predicted octanol–water partition coefficient (Wildman–Crippen LogP) is 3.33. The third kappa shape index (κ3) is 3.09. The zero-order valence-electron chi connectivity index (χ0n) is 9.80. The molecule has 104 valence electrons. The maximum Gasteiger partial charge on any atom is 0.327 e. The third-order valence-corrected chi connectivity index (χ3v) is 2.55. The molecule has 0 saturated heterocycles. The van der Waals surface area contributed by atoms with Crippen LogP contribution in [0.25, 0.3) is 0 Å². The second-order valence-electron chi connectivity index (χ2n) is 3.58. The molecule has 0 unspecified atom stereocenters. The fraction of sp³-hybridized carbons (Fsp3) is 0.100. The van der Waals surface area contributed by atoms with Gasteiger partial charge in [-0.25, -0.2) is 4.39 Å². The van der Waals surface area contributed by atoms with Crippen molar-refractivity contribution in [1.29, 1.82) is 0 Å². The summed E-state index contributed by atoms with van der Waals surface area (Å²) in [5.41, 5.74) is -0.140. The molecule has 2 aromatic rings. The van der Waals surface area contributed by atoms with Crippen molar-refractivity contribution >= 4 is 28.9 Å². The fourth-order valence-corrected chi connectivity index (χ4v) is 1.72. The van der Waals surface area contributed by atoms with E-state index < -0.39 is 10.7 Å². The van der Waals surface area contributed by atoms with E-state index in [1.165, 1.54) is 6.92 Å². The molecule has 2 rings (SSSR count). The van der Waals surface area contributed by atoms with Crippen LogP contribution in [0.1, 0.15) is 5.56 Å². The van der Waals surface area contributed by atoms with Gasteiger partial charge in [0.15, 0.2) is 11.6 Å². The Morgan fingerprint density at radius 3 is 2.40 bits per heavy atom. The van der Waals surface area contributed by atoms with Gasteiger partial charge in [0.25, 0.3) is 5.69 Å². The number of halogens is 3. The lowest BCUT2D eigenvalue weighted by molar-refractivity contribution is -0.385. The van der Waals surface area contributed by atoms with Crippen LogP contribution in [0.2, 0.25) is 10.6 Å². The minimum atomic E-state index is -0.935. The topological polar surface area (TPSA) is 91.0 Å². The molecule has 0 spiro atoms. The number of hydrogen-bond acceptors (Lipinski definition) is 6. The summed E-state index contributed by atoms with van der Waals surface area (Å²) < 4.78 is 18.8. The van der Waals surface area contributed by atoms with E-state index >= 15 is 0 Å². The lowest BCUT2D eigenvalue weighted by Crippen LogP contribution is -1.99. The van der Waals surface area contributed by atoms with Crippen molar-refractivity contribution in [3.63, 3.8) is 0 Å². The summed E-state index contributed by atoms with van der Waals surface area (Å²) in [6, 6.07) is 1.58. The Balaban J connectivity index is 2.39. The second-order valence-corrected chi connectivity index (χ2v) is 4.26. The molecular formula is C10H5Cl2FN4O3. The van der Waals surface area contributed by atoms with Gasteiger partial charge in [-0.2, -0.15) is 15.0 Å². The van der Waals surface area contributed by atoms with Crippen molar-refractivity contribution < 1.29 is 14.1 Å². The van der Waals surface area contributed by atoms with Gasteiger partial charge in [0.05, 0.1) is 11.0 Å². The monoisotopic (exact) mass is 318 g/mol. The first kappa shape index (κ1) is 14.4. The summed E-state index contributed by atoms with van der Waals surface area (Å²) in [7, 11) is 0. The van der Waals surface area contributed by atoms with Gasteiger partial charge in [0.2, 0.25) is 10.6 Å². The third-order valence-electron chi connectivity index (χ3n) is 2.21. The molecular weight excluding hydrogens is 314 g/mol. The van der Waals surface area contributed by atoms with Crippen molar-refractivity contribution in [3.8, 4) is 11.8 Å². The Kier molecular flexibility index (Phi) is 3.96. The average Bonchev–Trinajstić information content (AvgIpc) is 2.31. The van der Waals surface area contributed by atoms with E-state index in [1.54, 1.807) is 0 Å². The van der Waals surface area contributed by atoms with Crippen molar-refractivity contribution in [3.05, 3.63) is 44.2 Å². The molecule has 0 aliphatic heterocycles. The van der Waals surface area contributed by atoms with Crippen LogP contribution in [0, 0.1) is 22.9 Å². The summed E-state index contributed by atoms with van der Waals surface area (Å²) in [4.78, 5) is 20.7. The molecule has 0 atom stereocenters. The zero-order valence-corrected chi connectivity index (χ0v) is 11.3. The quantitative estimate of drug-likeness (QED) is 0.636. The number of hydrogen-bond donors (Lipinski definition) is 0. The molecule has 1 aromatic heterocycles. The van der Waals surface area contributed by atoms with Gasteiger partial charge in [-0.15, -0.1) is 0 Å². The summed E-state index contributed by atoms with van der Waals surface area (Å²) >= 11 is 11.1. The van der Waals surface area contributed by atoms with Gasteiger partial charge < -0.3 is 4.74 Å². The lowest BCUT2D eigenvalue weighted by atomic mass is 10.2. The maximum atomic E-state index is 13.7. The number of aryl methyl sites for hydroxylation is 1. The number of benzene rings is 1. The largest absolute Gasteiger partial charge is 0.421 e. The normalized spacial score (nSPS) is 10.4. The number of nitrogens with zero attached hydrogens (tertiary/aromatic N) is 4.